The number of pyridine rings is 1. The molecule has 0 aromatic carbocycles. The lowest BCUT2D eigenvalue weighted by Gasteiger charge is -2.35. The van der Waals surface area contributed by atoms with Crippen LogP contribution >= 0.6 is 11.3 Å². The molecular formula is C21H22N6O2S. The molecule has 1 aliphatic heterocycles. The van der Waals surface area contributed by atoms with E-state index in [-0.39, 0.29) is 6.09 Å². The third-order valence-electron chi connectivity index (χ3n) is 5.82. The van der Waals surface area contributed by atoms with E-state index in [1.807, 2.05) is 23.6 Å². The van der Waals surface area contributed by atoms with Gasteiger partial charge in [0.2, 0.25) is 0 Å². The number of anilines is 2. The summed E-state index contributed by atoms with van der Waals surface area (Å²) < 4.78 is 5.81. The van der Waals surface area contributed by atoms with Crippen LogP contribution in [0.2, 0.25) is 0 Å². The molecule has 1 spiro atoms. The van der Waals surface area contributed by atoms with Gasteiger partial charge in [0, 0.05) is 18.1 Å². The Balaban J connectivity index is 1.15. The maximum atomic E-state index is 12.4. The Hall–Kier alpha value is -3.07. The van der Waals surface area contributed by atoms with Crippen molar-refractivity contribution in [3.05, 3.63) is 48.5 Å². The van der Waals surface area contributed by atoms with Crippen molar-refractivity contribution >= 4 is 28.2 Å². The molecule has 0 radical (unpaired) electrons. The summed E-state index contributed by atoms with van der Waals surface area (Å²) in [5, 5.41) is 6.42. The van der Waals surface area contributed by atoms with Crippen molar-refractivity contribution in [2.75, 3.05) is 23.3 Å². The number of rotatable bonds is 5. The second-order valence-electron chi connectivity index (χ2n) is 7.81. The van der Waals surface area contributed by atoms with Gasteiger partial charge in [-0.25, -0.2) is 19.7 Å². The fraction of sp³-hybridized carbons (Fsp3) is 0.381. The number of carbonyl (C=O) groups excluding carboxylic acids is 1. The predicted molar refractivity (Wildman–Crippen MR) is 114 cm³/mol. The van der Waals surface area contributed by atoms with E-state index < -0.39 is 5.60 Å². The Kier molecular flexibility index (Phi) is 5.04. The first-order valence-electron chi connectivity index (χ1n) is 10.1. The van der Waals surface area contributed by atoms with Crippen molar-refractivity contribution in [3.63, 3.8) is 0 Å². The molecule has 30 heavy (non-hydrogen) atoms. The summed E-state index contributed by atoms with van der Waals surface area (Å²) in [6.45, 7) is 1.44. The second kappa shape index (κ2) is 7.98. The van der Waals surface area contributed by atoms with Gasteiger partial charge in [-0.05, 0) is 43.7 Å². The van der Waals surface area contributed by atoms with Crippen LogP contribution in [0.4, 0.5) is 15.6 Å². The summed E-state index contributed by atoms with van der Waals surface area (Å²) in [6.07, 6.45) is 9.99. The minimum atomic E-state index is -0.392. The van der Waals surface area contributed by atoms with E-state index in [1.54, 1.807) is 34.8 Å². The lowest BCUT2D eigenvalue weighted by atomic mass is 9.78. The predicted octanol–water partition coefficient (Wildman–Crippen LogP) is 3.99. The van der Waals surface area contributed by atoms with Gasteiger partial charge in [0.25, 0.3) is 0 Å². The number of amides is 1. The van der Waals surface area contributed by atoms with Crippen LogP contribution < -0.4 is 10.2 Å². The van der Waals surface area contributed by atoms with Gasteiger partial charge in [-0.3, -0.25) is 9.88 Å². The molecule has 8 nitrogen and oxygen atoms in total. The van der Waals surface area contributed by atoms with E-state index in [4.69, 9.17) is 4.74 Å². The Morgan fingerprint density at radius 2 is 2.03 bits per heavy atom. The average Bonchev–Trinajstić information content (AvgIpc) is 3.39. The minimum absolute atomic E-state index is 0.300. The Labute approximate surface area is 178 Å². The molecular weight excluding hydrogens is 400 g/mol. The number of aromatic nitrogens is 4. The fourth-order valence-corrected chi connectivity index (χ4v) is 4.85. The van der Waals surface area contributed by atoms with Gasteiger partial charge in [-0.1, -0.05) is 6.07 Å². The van der Waals surface area contributed by atoms with Crippen LogP contribution in [0.1, 0.15) is 25.7 Å². The topological polar surface area (TPSA) is 93.1 Å². The zero-order valence-electron chi connectivity index (χ0n) is 16.4. The summed E-state index contributed by atoms with van der Waals surface area (Å²) in [6, 6.07) is 5.83. The third kappa shape index (κ3) is 3.85. The van der Waals surface area contributed by atoms with Crippen molar-refractivity contribution in [3.8, 4) is 11.4 Å². The molecule has 0 atom stereocenters. The number of nitrogens with zero attached hydrogens (tertiary/aromatic N) is 5. The summed E-state index contributed by atoms with van der Waals surface area (Å²) in [5.74, 6) is 0.533. The van der Waals surface area contributed by atoms with Gasteiger partial charge in [0.1, 0.15) is 17.6 Å². The Morgan fingerprint density at radius 3 is 2.80 bits per heavy atom. The van der Waals surface area contributed by atoms with E-state index in [9.17, 15) is 4.79 Å². The van der Waals surface area contributed by atoms with Gasteiger partial charge in [-0.15, -0.1) is 11.3 Å². The second-order valence-corrected chi connectivity index (χ2v) is 8.67. The van der Waals surface area contributed by atoms with Crippen LogP contribution in [0.25, 0.3) is 11.4 Å². The van der Waals surface area contributed by atoms with E-state index in [1.165, 1.54) is 6.33 Å². The normalized spacial score (nSPS) is 23.5. The summed E-state index contributed by atoms with van der Waals surface area (Å²) >= 11 is 1.60. The van der Waals surface area contributed by atoms with Crippen LogP contribution in [0.5, 0.6) is 0 Å². The van der Waals surface area contributed by atoms with Crippen LogP contribution in [0, 0.1) is 5.92 Å². The highest BCUT2D eigenvalue weighted by Crippen LogP contribution is 2.40. The number of hydrogen-bond donors (Lipinski definition) is 1. The highest BCUT2D eigenvalue weighted by Gasteiger charge is 2.47. The molecule has 2 fully saturated rings. The summed E-state index contributed by atoms with van der Waals surface area (Å²) in [5.41, 5.74) is 2.08. The molecule has 1 saturated carbocycles. The van der Waals surface area contributed by atoms with Crippen LogP contribution in [0.15, 0.2) is 48.5 Å². The summed E-state index contributed by atoms with van der Waals surface area (Å²) in [7, 11) is 0. The van der Waals surface area contributed by atoms with Crippen LogP contribution in [-0.4, -0.2) is 44.7 Å². The van der Waals surface area contributed by atoms with Crippen LogP contribution in [-0.2, 0) is 4.74 Å². The number of hydrogen-bond acceptors (Lipinski definition) is 8. The average molecular weight is 423 g/mol. The first-order valence-corrected chi connectivity index (χ1v) is 11.0. The molecule has 5 rings (SSSR count). The lowest BCUT2D eigenvalue weighted by molar-refractivity contribution is 0.0148. The van der Waals surface area contributed by atoms with E-state index in [2.05, 4.69) is 25.3 Å². The van der Waals surface area contributed by atoms with E-state index in [0.717, 1.165) is 48.7 Å². The van der Waals surface area contributed by atoms with Crippen molar-refractivity contribution in [1.82, 2.24) is 19.9 Å². The zero-order chi connectivity index (χ0) is 20.4. The lowest BCUT2D eigenvalue weighted by Crippen LogP contribution is -2.39. The maximum Gasteiger partial charge on any atom is 0.415 e. The molecule has 2 aliphatic rings. The molecule has 3 aromatic rings. The highest BCUT2D eigenvalue weighted by molar-refractivity contribution is 7.14. The molecule has 4 heterocycles. The van der Waals surface area contributed by atoms with Crippen molar-refractivity contribution in [1.29, 1.82) is 0 Å². The van der Waals surface area contributed by atoms with Crippen molar-refractivity contribution < 1.29 is 9.53 Å². The summed E-state index contributed by atoms with van der Waals surface area (Å²) in [4.78, 5) is 31.0. The number of carbonyl (C=O) groups is 1. The van der Waals surface area contributed by atoms with Gasteiger partial charge in [0.05, 0.1) is 30.3 Å². The maximum absolute atomic E-state index is 12.4. The van der Waals surface area contributed by atoms with E-state index in [0.29, 0.717) is 18.2 Å². The first-order chi connectivity index (χ1) is 14.7. The monoisotopic (exact) mass is 422 g/mol. The Morgan fingerprint density at radius 1 is 1.20 bits per heavy atom. The zero-order valence-corrected chi connectivity index (χ0v) is 17.2. The number of nitrogens with one attached hydrogen (secondary N) is 1. The Bertz CT molecular complexity index is 1000. The molecule has 3 aromatic heterocycles. The third-order valence-corrected chi connectivity index (χ3v) is 6.62. The van der Waals surface area contributed by atoms with Crippen LogP contribution in [0.3, 0.4) is 0 Å². The number of ether oxygens (including phenoxy) is 1. The van der Waals surface area contributed by atoms with Crippen molar-refractivity contribution in [2.45, 2.75) is 31.3 Å². The smallest absolute Gasteiger partial charge is 0.415 e. The van der Waals surface area contributed by atoms with E-state index >= 15 is 0 Å². The SMILES string of the molecule is O=C1OC2(CCC(CNc3nc(-c4ccccn4)cs3)CC2)CN1c1cncnc1. The van der Waals surface area contributed by atoms with Gasteiger partial charge in [-0.2, -0.15) is 0 Å². The molecule has 1 saturated heterocycles. The number of thiazole rings is 1. The molecule has 1 amide bonds. The standard InChI is InChI=1S/C21H22N6O2S/c28-20-27(16-10-22-14-23-11-16)13-21(29-20)6-4-15(5-7-21)9-25-19-26-18(12-30-19)17-3-1-2-8-24-17/h1-3,8,10-12,14-15H,4-7,9,13H2,(H,25,26). The van der Waals surface area contributed by atoms with Gasteiger partial charge < -0.3 is 10.1 Å². The molecule has 0 unspecified atom stereocenters. The molecule has 0 bridgehead atoms. The van der Waals surface area contributed by atoms with Crippen molar-refractivity contribution in [2.24, 2.45) is 5.92 Å². The molecule has 9 heteroatoms. The first kappa shape index (κ1) is 18.9. The molecule has 1 N–H and O–H groups in total. The van der Waals surface area contributed by atoms with Gasteiger partial charge >= 0.3 is 6.09 Å². The largest absolute Gasteiger partial charge is 0.441 e. The van der Waals surface area contributed by atoms with Gasteiger partial charge in [0.15, 0.2) is 5.13 Å². The molecule has 154 valence electrons. The molecule has 1 aliphatic carbocycles. The fourth-order valence-electron chi connectivity index (χ4n) is 4.14. The highest BCUT2D eigenvalue weighted by atomic mass is 32.1. The quantitative estimate of drug-likeness (QED) is 0.664. The minimum Gasteiger partial charge on any atom is -0.441 e.